The Hall–Kier alpha value is -2.95. The zero-order valence-corrected chi connectivity index (χ0v) is 20.6. The topological polar surface area (TPSA) is 73.2 Å². The van der Waals surface area contributed by atoms with Gasteiger partial charge in [-0.2, -0.15) is 5.26 Å². The lowest BCUT2D eigenvalue weighted by atomic mass is 10.1. The predicted molar refractivity (Wildman–Crippen MR) is 138 cm³/mol. The van der Waals surface area contributed by atoms with Crippen LogP contribution >= 0.6 is 46.6 Å². The van der Waals surface area contributed by atoms with Crippen LogP contribution in [0.5, 0.6) is 0 Å². The van der Waals surface area contributed by atoms with Crippen molar-refractivity contribution in [2.75, 3.05) is 10.2 Å². The second-order valence-electron chi connectivity index (χ2n) is 7.32. The number of carbonyl (C=O) groups is 2. The smallest absolute Gasteiger partial charge is 0.269 e. The van der Waals surface area contributed by atoms with E-state index in [9.17, 15) is 14.9 Å². The number of hydrogen-bond donors (Lipinski definition) is 1. The minimum atomic E-state index is -0.629. The summed E-state index contributed by atoms with van der Waals surface area (Å²) in [7, 11) is 0. The van der Waals surface area contributed by atoms with E-state index in [1.807, 2.05) is 12.1 Å². The van der Waals surface area contributed by atoms with E-state index in [2.05, 4.69) is 5.32 Å². The Kier molecular flexibility index (Phi) is 7.50. The molecule has 34 heavy (non-hydrogen) atoms. The number of halogens is 3. The number of anilines is 2. The number of nitriles is 1. The fourth-order valence-electron chi connectivity index (χ4n) is 3.44. The number of thioether (sulfide) groups is 1. The first-order valence-corrected chi connectivity index (χ1v) is 12.1. The average molecular weight is 529 g/mol. The molecule has 0 spiro atoms. The van der Waals surface area contributed by atoms with E-state index >= 15 is 0 Å². The highest BCUT2D eigenvalue weighted by Gasteiger charge is 2.40. The number of nitrogens with one attached hydrogen (secondary N) is 1. The Bertz CT molecular complexity index is 1340. The monoisotopic (exact) mass is 527 g/mol. The van der Waals surface area contributed by atoms with Crippen LogP contribution in [0.1, 0.15) is 5.56 Å². The lowest BCUT2D eigenvalue weighted by Crippen LogP contribution is -2.30. The van der Waals surface area contributed by atoms with Crippen LogP contribution in [0.4, 0.5) is 11.4 Å². The van der Waals surface area contributed by atoms with Gasteiger partial charge in [-0.15, -0.1) is 0 Å². The molecule has 1 saturated heterocycles. The third-order valence-electron chi connectivity index (χ3n) is 5.01. The van der Waals surface area contributed by atoms with Crippen LogP contribution < -0.4 is 10.2 Å². The van der Waals surface area contributed by atoms with Gasteiger partial charge in [-0.05, 0) is 54.4 Å². The molecule has 170 valence electrons. The standard InChI is InChI=1S/C25H16Cl3N3O2S/c26-16-5-4-6-17(13-16)30-23(32)19(14-29)25-31(18-7-2-1-3-8-18)24(33)22(34-25)12-15-9-10-20(27)21(28)11-15/h1-11,13,22H,12H2,(H,30,32). The summed E-state index contributed by atoms with van der Waals surface area (Å²) in [5, 5.41) is 13.6. The third kappa shape index (κ3) is 5.24. The molecule has 0 saturated carbocycles. The van der Waals surface area contributed by atoms with Crippen molar-refractivity contribution in [1.29, 1.82) is 5.26 Å². The molecule has 3 aromatic rings. The number of para-hydroxylation sites is 1. The minimum absolute atomic E-state index is 0.168. The van der Waals surface area contributed by atoms with Gasteiger partial charge in [0.05, 0.1) is 15.3 Å². The Balaban J connectivity index is 1.71. The zero-order chi connectivity index (χ0) is 24.2. The first kappa shape index (κ1) is 24.2. The van der Waals surface area contributed by atoms with E-state index < -0.39 is 11.2 Å². The number of hydrogen-bond acceptors (Lipinski definition) is 4. The number of amides is 2. The maximum absolute atomic E-state index is 13.5. The molecule has 1 aliphatic heterocycles. The molecular formula is C25H16Cl3N3O2S. The van der Waals surface area contributed by atoms with Gasteiger partial charge < -0.3 is 5.32 Å². The first-order chi connectivity index (χ1) is 16.4. The average Bonchev–Trinajstić information content (AvgIpc) is 3.13. The Morgan fingerprint density at radius 3 is 2.44 bits per heavy atom. The van der Waals surface area contributed by atoms with Crippen LogP contribution in [0.25, 0.3) is 0 Å². The van der Waals surface area contributed by atoms with Gasteiger partial charge >= 0.3 is 0 Å². The second kappa shape index (κ2) is 10.5. The van der Waals surface area contributed by atoms with Crippen molar-refractivity contribution in [3.8, 4) is 6.07 Å². The van der Waals surface area contributed by atoms with Gasteiger partial charge in [-0.1, -0.05) is 76.9 Å². The molecule has 0 aromatic heterocycles. The summed E-state index contributed by atoms with van der Waals surface area (Å²) >= 11 is 19.3. The highest BCUT2D eigenvalue weighted by atomic mass is 35.5. The summed E-state index contributed by atoms with van der Waals surface area (Å²) in [6.45, 7) is 0. The number of benzene rings is 3. The molecule has 9 heteroatoms. The van der Waals surface area contributed by atoms with Crippen LogP contribution in [-0.2, 0) is 16.0 Å². The minimum Gasteiger partial charge on any atom is -0.321 e. The maximum Gasteiger partial charge on any atom is 0.269 e. The van der Waals surface area contributed by atoms with Gasteiger partial charge in [0.2, 0.25) is 5.91 Å². The molecule has 3 aromatic carbocycles. The Morgan fingerprint density at radius 2 is 1.76 bits per heavy atom. The molecule has 0 radical (unpaired) electrons. The molecule has 1 heterocycles. The van der Waals surface area contributed by atoms with E-state index in [0.717, 1.165) is 5.56 Å². The SMILES string of the molecule is N#CC(C(=O)Nc1cccc(Cl)c1)=C1SC(Cc2ccc(Cl)c(Cl)c2)C(=O)N1c1ccccc1. The summed E-state index contributed by atoms with van der Waals surface area (Å²) in [4.78, 5) is 27.9. The van der Waals surface area contributed by atoms with Gasteiger partial charge in [-0.3, -0.25) is 14.5 Å². The number of carbonyl (C=O) groups excluding carboxylic acids is 2. The van der Waals surface area contributed by atoms with Crippen molar-refractivity contribution in [2.24, 2.45) is 0 Å². The summed E-state index contributed by atoms with van der Waals surface area (Å²) in [6.07, 6.45) is 0.349. The van der Waals surface area contributed by atoms with Crippen LogP contribution in [0.15, 0.2) is 83.4 Å². The van der Waals surface area contributed by atoms with E-state index in [4.69, 9.17) is 34.8 Å². The Morgan fingerprint density at radius 1 is 1.00 bits per heavy atom. The van der Waals surface area contributed by atoms with E-state index in [1.165, 1.54) is 16.7 Å². The second-order valence-corrected chi connectivity index (χ2v) is 9.77. The predicted octanol–water partition coefficient (Wildman–Crippen LogP) is 6.71. The molecule has 5 nitrogen and oxygen atoms in total. The zero-order valence-electron chi connectivity index (χ0n) is 17.5. The third-order valence-corrected chi connectivity index (χ3v) is 7.24. The summed E-state index contributed by atoms with van der Waals surface area (Å²) in [5.74, 6) is -0.864. The molecule has 0 aliphatic carbocycles. The van der Waals surface area contributed by atoms with Crippen LogP contribution in [0.2, 0.25) is 15.1 Å². The van der Waals surface area contributed by atoms with E-state index in [1.54, 1.807) is 66.7 Å². The molecule has 1 aliphatic rings. The summed E-state index contributed by atoms with van der Waals surface area (Å²) in [6, 6.07) is 22.7. The molecule has 2 amide bonds. The van der Waals surface area contributed by atoms with Gasteiger partial charge in [0.15, 0.2) is 0 Å². The van der Waals surface area contributed by atoms with E-state index in [-0.39, 0.29) is 16.5 Å². The molecule has 0 bridgehead atoms. The quantitative estimate of drug-likeness (QED) is 0.295. The molecule has 1 atom stereocenters. The van der Waals surface area contributed by atoms with Crippen molar-refractivity contribution in [1.82, 2.24) is 0 Å². The number of rotatable bonds is 5. The highest BCUT2D eigenvalue weighted by Crippen LogP contribution is 2.42. The van der Waals surface area contributed by atoms with Crippen molar-refractivity contribution in [3.05, 3.63) is 104 Å². The van der Waals surface area contributed by atoms with Crippen LogP contribution in [0, 0.1) is 11.3 Å². The summed E-state index contributed by atoms with van der Waals surface area (Å²) < 4.78 is 0. The van der Waals surface area contributed by atoms with Gasteiger partial charge in [0.1, 0.15) is 16.7 Å². The van der Waals surface area contributed by atoms with Crippen molar-refractivity contribution >= 4 is 69.8 Å². The normalized spacial score (nSPS) is 16.8. The Labute approximate surface area is 215 Å². The van der Waals surface area contributed by atoms with E-state index in [0.29, 0.717) is 32.9 Å². The van der Waals surface area contributed by atoms with Gasteiger partial charge in [0, 0.05) is 16.4 Å². The highest BCUT2D eigenvalue weighted by molar-refractivity contribution is 8.05. The first-order valence-electron chi connectivity index (χ1n) is 10.1. The largest absolute Gasteiger partial charge is 0.321 e. The fourth-order valence-corrected chi connectivity index (χ4v) is 5.26. The number of nitrogens with zero attached hydrogens (tertiary/aromatic N) is 2. The van der Waals surface area contributed by atoms with Crippen molar-refractivity contribution in [3.63, 3.8) is 0 Å². The molecule has 1 N–H and O–H groups in total. The van der Waals surface area contributed by atoms with Crippen molar-refractivity contribution in [2.45, 2.75) is 11.7 Å². The fraction of sp³-hybridized carbons (Fsp3) is 0.0800. The van der Waals surface area contributed by atoms with Crippen LogP contribution in [0.3, 0.4) is 0 Å². The summed E-state index contributed by atoms with van der Waals surface area (Å²) in [5.41, 5.74) is 1.66. The lowest BCUT2D eigenvalue weighted by molar-refractivity contribution is -0.117. The van der Waals surface area contributed by atoms with Crippen LogP contribution in [-0.4, -0.2) is 17.1 Å². The molecule has 4 rings (SSSR count). The van der Waals surface area contributed by atoms with Gasteiger partial charge in [-0.25, -0.2) is 0 Å². The van der Waals surface area contributed by atoms with Gasteiger partial charge in [0.25, 0.3) is 5.91 Å². The lowest BCUT2D eigenvalue weighted by Gasteiger charge is -2.18. The van der Waals surface area contributed by atoms with Crippen molar-refractivity contribution < 1.29 is 9.59 Å². The maximum atomic E-state index is 13.5. The molecular weight excluding hydrogens is 513 g/mol. The molecule has 1 unspecified atom stereocenters. The molecule has 1 fully saturated rings.